The Labute approximate surface area is 112 Å². The van der Waals surface area contributed by atoms with Crippen LogP contribution < -0.4 is 5.32 Å². The van der Waals surface area contributed by atoms with E-state index in [0.29, 0.717) is 24.3 Å². The average molecular weight is 262 g/mol. The van der Waals surface area contributed by atoms with Gasteiger partial charge in [-0.1, -0.05) is 13.8 Å². The second-order valence-corrected chi connectivity index (χ2v) is 4.09. The molecule has 0 bridgehead atoms. The predicted octanol–water partition coefficient (Wildman–Crippen LogP) is 1.75. The lowest BCUT2D eigenvalue weighted by molar-refractivity contribution is -0.137. The number of nitrogens with zero attached hydrogens (tertiary/aromatic N) is 3. The van der Waals surface area contributed by atoms with E-state index in [1.54, 1.807) is 0 Å². The monoisotopic (exact) mass is 262 g/mol. The molecule has 0 aliphatic heterocycles. The van der Waals surface area contributed by atoms with Crippen molar-refractivity contribution in [2.45, 2.75) is 39.5 Å². The first-order valence-corrected chi connectivity index (χ1v) is 6.38. The Bertz CT molecular complexity index is 494. The standard InChI is InChI=1S/C13H18N4O2/c1-3-9-10(8-14)13(17-16-11(9)4-2)15-7-5-6-12(18)19/h3-7H2,1-2H3,(H,15,17)(H,18,19). The third-order valence-electron chi connectivity index (χ3n) is 2.82. The van der Waals surface area contributed by atoms with Crippen molar-refractivity contribution in [2.75, 3.05) is 11.9 Å². The molecule has 102 valence electrons. The fraction of sp³-hybridized carbons (Fsp3) is 0.538. The molecule has 19 heavy (non-hydrogen) atoms. The third-order valence-corrected chi connectivity index (χ3v) is 2.82. The van der Waals surface area contributed by atoms with E-state index in [-0.39, 0.29) is 6.42 Å². The van der Waals surface area contributed by atoms with Gasteiger partial charge in [-0.05, 0) is 24.8 Å². The summed E-state index contributed by atoms with van der Waals surface area (Å²) in [5.41, 5.74) is 2.28. The summed E-state index contributed by atoms with van der Waals surface area (Å²) >= 11 is 0. The number of carboxylic acid groups (broad SMARTS) is 1. The Morgan fingerprint density at radius 2 is 2.11 bits per heavy atom. The van der Waals surface area contributed by atoms with Gasteiger partial charge in [0.1, 0.15) is 11.6 Å². The molecule has 1 aromatic rings. The van der Waals surface area contributed by atoms with Crippen molar-refractivity contribution in [3.63, 3.8) is 0 Å². The van der Waals surface area contributed by atoms with E-state index in [0.717, 1.165) is 24.1 Å². The summed E-state index contributed by atoms with van der Waals surface area (Å²) in [4.78, 5) is 10.4. The molecule has 0 spiro atoms. The van der Waals surface area contributed by atoms with Gasteiger partial charge in [0.15, 0.2) is 5.82 Å². The zero-order valence-electron chi connectivity index (χ0n) is 11.2. The van der Waals surface area contributed by atoms with Gasteiger partial charge in [-0.2, -0.15) is 10.4 Å². The van der Waals surface area contributed by atoms with E-state index in [4.69, 9.17) is 5.11 Å². The number of carboxylic acids is 1. The van der Waals surface area contributed by atoms with E-state index < -0.39 is 5.97 Å². The Balaban J connectivity index is 2.84. The molecule has 0 fully saturated rings. The zero-order chi connectivity index (χ0) is 14.3. The highest BCUT2D eigenvalue weighted by Gasteiger charge is 2.13. The number of aliphatic carboxylic acids is 1. The summed E-state index contributed by atoms with van der Waals surface area (Å²) in [6, 6.07) is 2.16. The van der Waals surface area contributed by atoms with Crippen molar-refractivity contribution in [2.24, 2.45) is 0 Å². The zero-order valence-corrected chi connectivity index (χ0v) is 11.2. The Hall–Kier alpha value is -2.16. The van der Waals surface area contributed by atoms with Crippen LogP contribution in [0, 0.1) is 11.3 Å². The normalized spacial score (nSPS) is 9.95. The fourth-order valence-corrected chi connectivity index (χ4v) is 1.86. The number of aryl methyl sites for hydroxylation is 1. The summed E-state index contributed by atoms with van der Waals surface area (Å²) in [6.07, 6.45) is 2.05. The molecular weight excluding hydrogens is 244 g/mol. The van der Waals surface area contributed by atoms with Gasteiger partial charge in [0.05, 0.1) is 5.69 Å². The molecule has 1 heterocycles. The van der Waals surface area contributed by atoms with E-state index in [1.165, 1.54) is 0 Å². The van der Waals surface area contributed by atoms with Crippen LogP contribution in [0.15, 0.2) is 0 Å². The highest BCUT2D eigenvalue weighted by Crippen LogP contribution is 2.19. The van der Waals surface area contributed by atoms with Crippen molar-refractivity contribution < 1.29 is 9.90 Å². The number of nitriles is 1. The van der Waals surface area contributed by atoms with Crippen molar-refractivity contribution >= 4 is 11.8 Å². The summed E-state index contributed by atoms with van der Waals surface area (Å²) < 4.78 is 0. The molecule has 1 aromatic heterocycles. The van der Waals surface area contributed by atoms with Crippen molar-refractivity contribution in [1.82, 2.24) is 10.2 Å². The van der Waals surface area contributed by atoms with E-state index in [2.05, 4.69) is 21.6 Å². The lowest BCUT2D eigenvalue weighted by atomic mass is 10.0. The summed E-state index contributed by atoms with van der Waals surface area (Å²) in [6.45, 7) is 4.42. The van der Waals surface area contributed by atoms with Crippen LogP contribution in [-0.4, -0.2) is 27.8 Å². The highest BCUT2D eigenvalue weighted by atomic mass is 16.4. The SMILES string of the molecule is CCc1nnc(NCCCC(=O)O)c(C#N)c1CC. The first-order chi connectivity index (χ1) is 9.13. The number of nitrogens with one attached hydrogen (secondary N) is 1. The second-order valence-electron chi connectivity index (χ2n) is 4.09. The predicted molar refractivity (Wildman–Crippen MR) is 70.9 cm³/mol. The highest BCUT2D eigenvalue weighted by molar-refractivity contribution is 5.66. The van der Waals surface area contributed by atoms with Crippen molar-refractivity contribution in [3.05, 3.63) is 16.8 Å². The number of hydrogen-bond donors (Lipinski definition) is 2. The number of hydrogen-bond acceptors (Lipinski definition) is 5. The maximum Gasteiger partial charge on any atom is 0.303 e. The number of aromatic nitrogens is 2. The molecule has 0 radical (unpaired) electrons. The van der Waals surface area contributed by atoms with Crippen LogP contribution in [0.4, 0.5) is 5.82 Å². The minimum absolute atomic E-state index is 0.0932. The Kier molecular flexibility index (Phi) is 5.73. The van der Waals surface area contributed by atoms with Crippen LogP contribution in [0.5, 0.6) is 0 Å². The molecule has 0 saturated carbocycles. The lowest BCUT2D eigenvalue weighted by Crippen LogP contribution is -2.11. The minimum atomic E-state index is -0.830. The first kappa shape index (κ1) is 14.9. The molecule has 0 saturated heterocycles. The summed E-state index contributed by atoms with van der Waals surface area (Å²) in [5, 5.41) is 28.9. The topological polar surface area (TPSA) is 98.9 Å². The molecule has 0 amide bonds. The smallest absolute Gasteiger partial charge is 0.303 e. The van der Waals surface area contributed by atoms with Gasteiger partial charge in [0.2, 0.25) is 0 Å². The average Bonchev–Trinajstić information content (AvgIpc) is 2.42. The van der Waals surface area contributed by atoms with Crippen molar-refractivity contribution in [3.8, 4) is 6.07 Å². The Morgan fingerprint density at radius 1 is 1.37 bits per heavy atom. The van der Waals surface area contributed by atoms with Crippen LogP contribution in [-0.2, 0) is 17.6 Å². The van der Waals surface area contributed by atoms with Crippen LogP contribution in [0.3, 0.4) is 0 Å². The number of rotatable bonds is 7. The molecule has 0 aliphatic carbocycles. The summed E-state index contributed by atoms with van der Waals surface area (Å²) in [7, 11) is 0. The van der Waals surface area contributed by atoms with E-state index >= 15 is 0 Å². The number of carbonyl (C=O) groups is 1. The van der Waals surface area contributed by atoms with Crippen molar-refractivity contribution in [1.29, 1.82) is 5.26 Å². The molecule has 6 nitrogen and oxygen atoms in total. The van der Waals surface area contributed by atoms with Gasteiger partial charge in [-0.3, -0.25) is 4.79 Å². The molecule has 6 heteroatoms. The second kappa shape index (κ2) is 7.31. The largest absolute Gasteiger partial charge is 0.481 e. The molecule has 0 aromatic carbocycles. The van der Waals surface area contributed by atoms with E-state index in [9.17, 15) is 10.1 Å². The van der Waals surface area contributed by atoms with Crippen LogP contribution in [0.25, 0.3) is 0 Å². The molecule has 0 atom stereocenters. The van der Waals surface area contributed by atoms with Crippen LogP contribution in [0.1, 0.15) is 43.5 Å². The van der Waals surface area contributed by atoms with Gasteiger partial charge < -0.3 is 10.4 Å². The Morgan fingerprint density at radius 3 is 2.63 bits per heavy atom. The van der Waals surface area contributed by atoms with E-state index in [1.807, 2.05) is 13.8 Å². The van der Waals surface area contributed by atoms with Gasteiger partial charge in [-0.25, -0.2) is 0 Å². The molecule has 2 N–H and O–H groups in total. The minimum Gasteiger partial charge on any atom is -0.481 e. The maximum absolute atomic E-state index is 10.4. The van der Waals surface area contributed by atoms with Gasteiger partial charge >= 0.3 is 5.97 Å². The molecule has 0 unspecified atom stereocenters. The molecular formula is C13H18N4O2. The van der Waals surface area contributed by atoms with Crippen LogP contribution in [0.2, 0.25) is 0 Å². The molecule has 0 aliphatic rings. The van der Waals surface area contributed by atoms with Gasteiger partial charge in [0, 0.05) is 13.0 Å². The summed E-state index contributed by atoms with van der Waals surface area (Å²) in [5.74, 6) is -0.383. The molecule has 1 rings (SSSR count). The quantitative estimate of drug-likeness (QED) is 0.726. The third kappa shape index (κ3) is 3.91. The fourth-order valence-electron chi connectivity index (χ4n) is 1.86. The van der Waals surface area contributed by atoms with Gasteiger partial charge in [0.25, 0.3) is 0 Å². The van der Waals surface area contributed by atoms with Gasteiger partial charge in [-0.15, -0.1) is 5.10 Å². The van der Waals surface area contributed by atoms with Crippen LogP contribution >= 0.6 is 0 Å². The number of anilines is 1. The lowest BCUT2D eigenvalue weighted by Gasteiger charge is -2.11. The first-order valence-electron chi connectivity index (χ1n) is 6.38. The maximum atomic E-state index is 10.4.